The third-order valence-corrected chi connectivity index (χ3v) is 5.16. The predicted octanol–water partition coefficient (Wildman–Crippen LogP) is 2.74. The monoisotopic (exact) mass is 354 g/mol. The molecule has 2 aromatic rings. The van der Waals surface area contributed by atoms with E-state index in [0.29, 0.717) is 11.1 Å². The largest absolute Gasteiger partial charge is 0.322 e. The maximum Gasteiger partial charge on any atom is 0.255 e. The summed E-state index contributed by atoms with van der Waals surface area (Å²) in [7, 11) is -2.46. The van der Waals surface area contributed by atoms with E-state index >= 15 is 0 Å². The summed E-state index contributed by atoms with van der Waals surface area (Å²) in [6.45, 7) is 3.31. The average molecular weight is 354 g/mol. The lowest BCUT2D eigenvalue weighted by Crippen LogP contribution is -2.21. The Bertz CT molecular complexity index is 912. The number of amides is 1. The lowest BCUT2D eigenvalue weighted by atomic mass is 10.1. The number of carbonyl (C=O) groups is 1. The topological polar surface area (TPSA) is 75.3 Å². The molecule has 0 aliphatic carbocycles. The van der Waals surface area contributed by atoms with E-state index in [9.17, 15) is 22.0 Å². The number of sulfonamides is 1. The first-order valence-electron chi connectivity index (χ1n) is 6.97. The molecule has 0 aromatic heterocycles. The van der Waals surface area contributed by atoms with Gasteiger partial charge in [0.05, 0.1) is 4.90 Å². The summed E-state index contributed by atoms with van der Waals surface area (Å²) in [5.41, 5.74) is 1.29. The van der Waals surface area contributed by atoms with Gasteiger partial charge in [-0.25, -0.2) is 21.9 Å². The maximum atomic E-state index is 13.2. The fraction of sp³-hybridized carbons (Fsp3) is 0.188. The molecule has 0 spiro atoms. The Hall–Kier alpha value is -2.32. The van der Waals surface area contributed by atoms with Crippen molar-refractivity contribution in [3.05, 3.63) is 58.7 Å². The van der Waals surface area contributed by atoms with Crippen molar-refractivity contribution in [2.75, 3.05) is 12.4 Å². The number of carbonyl (C=O) groups excluding carboxylic acids is 1. The third kappa shape index (κ3) is 3.60. The second kappa shape index (κ2) is 6.66. The molecule has 0 fully saturated rings. The number of rotatable bonds is 4. The van der Waals surface area contributed by atoms with Crippen LogP contribution in [-0.2, 0) is 10.0 Å². The molecule has 0 unspecified atom stereocenters. The van der Waals surface area contributed by atoms with Crippen molar-refractivity contribution < 1.29 is 22.0 Å². The van der Waals surface area contributed by atoms with E-state index in [0.717, 1.165) is 12.1 Å². The lowest BCUT2D eigenvalue weighted by molar-refractivity contribution is 0.102. The second-order valence-electron chi connectivity index (χ2n) is 5.21. The minimum atomic E-state index is -3.73. The summed E-state index contributed by atoms with van der Waals surface area (Å²) in [6, 6.07) is 5.72. The number of anilines is 1. The predicted molar refractivity (Wildman–Crippen MR) is 86.5 cm³/mol. The molecule has 0 aliphatic heterocycles. The van der Waals surface area contributed by atoms with E-state index in [4.69, 9.17) is 0 Å². The fourth-order valence-corrected chi connectivity index (χ4v) is 3.19. The van der Waals surface area contributed by atoms with E-state index in [2.05, 4.69) is 10.0 Å². The van der Waals surface area contributed by atoms with Crippen molar-refractivity contribution >= 4 is 21.6 Å². The zero-order chi connectivity index (χ0) is 18.1. The third-order valence-electron chi connectivity index (χ3n) is 3.62. The number of hydrogen-bond acceptors (Lipinski definition) is 3. The quantitative estimate of drug-likeness (QED) is 0.886. The van der Waals surface area contributed by atoms with Crippen molar-refractivity contribution in [3.8, 4) is 0 Å². The van der Waals surface area contributed by atoms with Crippen LogP contribution in [-0.4, -0.2) is 21.4 Å². The van der Waals surface area contributed by atoms with Gasteiger partial charge in [-0.15, -0.1) is 0 Å². The van der Waals surface area contributed by atoms with Gasteiger partial charge in [0.25, 0.3) is 5.91 Å². The van der Waals surface area contributed by atoms with E-state index in [1.54, 1.807) is 13.8 Å². The lowest BCUT2D eigenvalue weighted by Gasteiger charge is -2.12. The van der Waals surface area contributed by atoms with Crippen molar-refractivity contribution in [2.45, 2.75) is 18.7 Å². The standard InChI is InChI=1S/C16H16F2N2O3S/c1-9-6-11(7-15(10(9)2)24(22,23)19-3)16(21)20-12-4-5-13(17)14(18)8-12/h4-8,19H,1-3H3,(H,20,21). The number of aryl methyl sites for hydroxylation is 1. The summed E-state index contributed by atoms with van der Waals surface area (Å²) in [5.74, 6) is -2.75. The van der Waals surface area contributed by atoms with Crippen LogP contribution in [0.25, 0.3) is 0 Å². The molecule has 0 radical (unpaired) electrons. The molecule has 1 amide bonds. The minimum Gasteiger partial charge on any atom is -0.322 e. The van der Waals surface area contributed by atoms with Crippen LogP contribution in [0.3, 0.4) is 0 Å². The highest BCUT2D eigenvalue weighted by atomic mass is 32.2. The Labute approximate surface area is 138 Å². The molecule has 2 aromatic carbocycles. The van der Waals surface area contributed by atoms with E-state index in [1.807, 2.05) is 0 Å². The molecule has 128 valence electrons. The molecular weight excluding hydrogens is 338 g/mol. The van der Waals surface area contributed by atoms with Crippen LogP contribution in [0.4, 0.5) is 14.5 Å². The summed E-state index contributed by atoms with van der Waals surface area (Å²) in [6.07, 6.45) is 0. The zero-order valence-corrected chi connectivity index (χ0v) is 14.1. The Morgan fingerprint density at radius 3 is 2.29 bits per heavy atom. The van der Waals surface area contributed by atoms with Gasteiger partial charge in [0.2, 0.25) is 10.0 Å². The summed E-state index contributed by atoms with van der Waals surface area (Å²) < 4.78 is 52.4. The van der Waals surface area contributed by atoms with Gasteiger partial charge in [0, 0.05) is 17.3 Å². The number of hydrogen-bond donors (Lipinski definition) is 2. The number of halogens is 2. The second-order valence-corrected chi connectivity index (χ2v) is 7.06. The van der Waals surface area contributed by atoms with E-state index in [-0.39, 0.29) is 16.1 Å². The summed E-state index contributed by atoms with van der Waals surface area (Å²) >= 11 is 0. The maximum absolute atomic E-state index is 13.2. The van der Waals surface area contributed by atoms with Crippen LogP contribution < -0.4 is 10.0 Å². The number of nitrogens with one attached hydrogen (secondary N) is 2. The van der Waals surface area contributed by atoms with Gasteiger partial charge >= 0.3 is 0 Å². The Morgan fingerprint density at radius 2 is 1.71 bits per heavy atom. The molecule has 2 rings (SSSR count). The van der Waals surface area contributed by atoms with Gasteiger partial charge in [-0.2, -0.15) is 0 Å². The molecule has 5 nitrogen and oxygen atoms in total. The fourth-order valence-electron chi connectivity index (χ4n) is 2.12. The van der Waals surface area contributed by atoms with Gasteiger partial charge in [0.1, 0.15) is 0 Å². The minimum absolute atomic E-state index is 0.0135. The molecule has 24 heavy (non-hydrogen) atoms. The Balaban J connectivity index is 2.41. The normalized spacial score (nSPS) is 11.4. The Kier molecular flexibility index (Phi) is 5.00. The van der Waals surface area contributed by atoms with Gasteiger partial charge in [0.15, 0.2) is 11.6 Å². The van der Waals surface area contributed by atoms with Crippen LogP contribution in [0.2, 0.25) is 0 Å². The molecule has 0 bridgehead atoms. The molecule has 0 aliphatic rings. The first-order valence-corrected chi connectivity index (χ1v) is 8.45. The van der Waals surface area contributed by atoms with Gasteiger partial charge < -0.3 is 5.32 Å². The molecular formula is C16H16F2N2O3S. The van der Waals surface area contributed by atoms with E-state index < -0.39 is 27.6 Å². The van der Waals surface area contributed by atoms with Crippen molar-refractivity contribution in [1.82, 2.24) is 4.72 Å². The van der Waals surface area contributed by atoms with E-state index in [1.165, 1.54) is 25.2 Å². The van der Waals surface area contributed by atoms with Crippen molar-refractivity contribution in [2.24, 2.45) is 0 Å². The first-order chi connectivity index (χ1) is 11.2. The molecule has 0 atom stereocenters. The summed E-state index contributed by atoms with van der Waals surface area (Å²) in [4.78, 5) is 12.3. The van der Waals surface area contributed by atoms with Gasteiger partial charge in [-0.1, -0.05) is 0 Å². The Morgan fingerprint density at radius 1 is 1.04 bits per heavy atom. The van der Waals surface area contributed by atoms with Crippen LogP contribution >= 0.6 is 0 Å². The molecule has 0 saturated carbocycles. The van der Waals surface area contributed by atoms with Crippen LogP contribution in [0.15, 0.2) is 35.2 Å². The highest BCUT2D eigenvalue weighted by Gasteiger charge is 2.19. The molecule has 2 N–H and O–H groups in total. The smallest absolute Gasteiger partial charge is 0.255 e. The van der Waals surface area contributed by atoms with Crippen LogP contribution in [0.1, 0.15) is 21.5 Å². The zero-order valence-electron chi connectivity index (χ0n) is 13.3. The van der Waals surface area contributed by atoms with Crippen LogP contribution in [0.5, 0.6) is 0 Å². The summed E-state index contributed by atoms with van der Waals surface area (Å²) in [5, 5.41) is 2.41. The molecule has 0 saturated heterocycles. The van der Waals surface area contributed by atoms with Crippen LogP contribution in [0, 0.1) is 25.5 Å². The van der Waals surface area contributed by atoms with Gasteiger partial charge in [-0.3, -0.25) is 4.79 Å². The highest BCUT2D eigenvalue weighted by molar-refractivity contribution is 7.89. The average Bonchev–Trinajstić information content (AvgIpc) is 2.53. The number of benzene rings is 2. The van der Waals surface area contributed by atoms with Crippen molar-refractivity contribution in [3.63, 3.8) is 0 Å². The molecule has 0 heterocycles. The van der Waals surface area contributed by atoms with Gasteiger partial charge in [-0.05, 0) is 56.3 Å². The molecule has 8 heteroatoms. The highest BCUT2D eigenvalue weighted by Crippen LogP contribution is 2.22. The van der Waals surface area contributed by atoms with Crippen molar-refractivity contribution in [1.29, 1.82) is 0 Å². The first kappa shape index (κ1) is 18.0. The SMILES string of the molecule is CNS(=O)(=O)c1cc(C(=O)Nc2ccc(F)c(F)c2)cc(C)c1C.